The van der Waals surface area contributed by atoms with E-state index in [1.807, 2.05) is 44.2 Å². The SMILES string of the molecule is C=CN(c1ncnc(NC(C)c2ccccc2)c1C)[C@@H]1N[C@H](CO)C(O)C1O. The minimum atomic E-state index is -1.11. The topological polar surface area (TPSA) is 114 Å². The lowest BCUT2D eigenvalue weighted by Crippen LogP contribution is -2.47. The summed E-state index contributed by atoms with van der Waals surface area (Å²) in [6.45, 7) is 7.46. The Balaban J connectivity index is 1.86. The quantitative estimate of drug-likeness (QED) is 0.478. The van der Waals surface area contributed by atoms with Crippen LogP contribution >= 0.6 is 0 Å². The smallest absolute Gasteiger partial charge is 0.142 e. The van der Waals surface area contributed by atoms with Crippen LogP contribution in [-0.4, -0.2) is 56.3 Å². The molecule has 1 aromatic carbocycles. The number of benzene rings is 1. The Labute approximate surface area is 164 Å². The molecule has 1 saturated heterocycles. The van der Waals surface area contributed by atoms with Crippen LogP contribution in [-0.2, 0) is 0 Å². The van der Waals surface area contributed by atoms with Gasteiger partial charge in [0.1, 0.15) is 36.3 Å². The average Bonchev–Trinajstić information content (AvgIpc) is 3.00. The van der Waals surface area contributed by atoms with Crippen molar-refractivity contribution in [2.45, 2.75) is 44.3 Å². The predicted molar refractivity (Wildman–Crippen MR) is 108 cm³/mol. The third-order valence-electron chi connectivity index (χ3n) is 5.12. The summed E-state index contributed by atoms with van der Waals surface area (Å²) < 4.78 is 0. The van der Waals surface area contributed by atoms with Crippen LogP contribution in [0.4, 0.5) is 11.6 Å². The van der Waals surface area contributed by atoms with Crippen LogP contribution < -0.4 is 15.5 Å². The Morgan fingerprint density at radius 1 is 1.25 bits per heavy atom. The lowest BCUT2D eigenvalue weighted by molar-refractivity contribution is 0.0201. The second kappa shape index (κ2) is 8.66. The monoisotopic (exact) mass is 385 g/mol. The zero-order chi connectivity index (χ0) is 20.3. The summed E-state index contributed by atoms with van der Waals surface area (Å²) in [7, 11) is 0. The van der Waals surface area contributed by atoms with Gasteiger partial charge in [0.15, 0.2) is 0 Å². The Morgan fingerprint density at radius 2 is 1.96 bits per heavy atom. The highest BCUT2D eigenvalue weighted by molar-refractivity contribution is 5.60. The van der Waals surface area contributed by atoms with E-state index in [1.165, 1.54) is 12.5 Å². The minimum Gasteiger partial charge on any atom is -0.395 e. The highest BCUT2D eigenvalue weighted by atomic mass is 16.3. The number of anilines is 2. The maximum Gasteiger partial charge on any atom is 0.142 e. The summed E-state index contributed by atoms with van der Waals surface area (Å²) in [6.07, 6.45) is 0.116. The van der Waals surface area contributed by atoms with Gasteiger partial charge in [0.25, 0.3) is 0 Å². The maximum absolute atomic E-state index is 10.4. The first kappa shape index (κ1) is 20.2. The van der Waals surface area contributed by atoms with E-state index in [0.29, 0.717) is 11.6 Å². The number of aliphatic hydroxyl groups is 3. The minimum absolute atomic E-state index is 0.0376. The number of hydrogen-bond donors (Lipinski definition) is 5. The van der Waals surface area contributed by atoms with Crippen molar-refractivity contribution in [3.63, 3.8) is 0 Å². The largest absolute Gasteiger partial charge is 0.395 e. The molecule has 8 heteroatoms. The van der Waals surface area contributed by atoms with Crippen molar-refractivity contribution in [3.8, 4) is 0 Å². The zero-order valence-electron chi connectivity index (χ0n) is 16.0. The zero-order valence-corrected chi connectivity index (χ0v) is 16.0. The summed E-state index contributed by atoms with van der Waals surface area (Å²) in [4.78, 5) is 10.4. The van der Waals surface area contributed by atoms with Gasteiger partial charge in [-0.25, -0.2) is 9.97 Å². The number of nitrogens with zero attached hydrogens (tertiary/aromatic N) is 3. The van der Waals surface area contributed by atoms with Crippen LogP contribution in [0.15, 0.2) is 49.4 Å². The van der Waals surface area contributed by atoms with E-state index < -0.39 is 24.4 Å². The van der Waals surface area contributed by atoms with Crippen molar-refractivity contribution < 1.29 is 15.3 Å². The fraction of sp³-hybridized carbons (Fsp3) is 0.400. The molecule has 0 radical (unpaired) electrons. The molecule has 3 rings (SSSR count). The fourth-order valence-corrected chi connectivity index (χ4v) is 3.46. The van der Waals surface area contributed by atoms with E-state index in [-0.39, 0.29) is 12.6 Å². The van der Waals surface area contributed by atoms with Crippen LogP contribution in [0, 0.1) is 6.92 Å². The molecule has 3 unspecified atom stereocenters. The molecule has 0 aliphatic carbocycles. The van der Waals surface area contributed by atoms with Crippen molar-refractivity contribution in [3.05, 3.63) is 60.6 Å². The summed E-state index contributed by atoms with van der Waals surface area (Å²) in [6, 6.07) is 9.44. The van der Waals surface area contributed by atoms with Gasteiger partial charge < -0.3 is 25.5 Å². The third-order valence-corrected chi connectivity index (χ3v) is 5.12. The Bertz CT molecular complexity index is 804. The van der Waals surface area contributed by atoms with Gasteiger partial charge in [0.05, 0.1) is 12.6 Å². The maximum atomic E-state index is 10.4. The van der Waals surface area contributed by atoms with Gasteiger partial charge in [-0.15, -0.1) is 0 Å². The van der Waals surface area contributed by atoms with E-state index in [0.717, 1.165) is 11.1 Å². The lowest BCUT2D eigenvalue weighted by Gasteiger charge is -2.30. The van der Waals surface area contributed by atoms with Gasteiger partial charge in [0, 0.05) is 17.8 Å². The summed E-state index contributed by atoms with van der Waals surface area (Å²) in [5.74, 6) is 1.22. The van der Waals surface area contributed by atoms with Crippen LogP contribution in [0.5, 0.6) is 0 Å². The van der Waals surface area contributed by atoms with E-state index in [2.05, 4.69) is 27.2 Å². The van der Waals surface area contributed by atoms with Crippen molar-refractivity contribution >= 4 is 11.6 Å². The van der Waals surface area contributed by atoms with Gasteiger partial charge in [0.2, 0.25) is 0 Å². The van der Waals surface area contributed by atoms with Crippen molar-refractivity contribution in [1.82, 2.24) is 15.3 Å². The third kappa shape index (κ3) is 3.85. The van der Waals surface area contributed by atoms with E-state index >= 15 is 0 Å². The van der Waals surface area contributed by atoms with Crippen molar-refractivity contribution in [2.24, 2.45) is 0 Å². The molecule has 150 valence electrons. The molecule has 0 saturated carbocycles. The van der Waals surface area contributed by atoms with Crippen LogP contribution in [0.1, 0.15) is 24.1 Å². The number of nitrogens with one attached hydrogen (secondary N) is 2. The molecule has 8 nitrogen and oxygen atoms in total. The van der Waals surface area contributed by atoms with Crippen molar-refractivity contribution in [2.75, 3.05) is 16.8 Å². The van der Waals surface area contributed by atoms with Gasteiger partial charge in [-0.3, -0.25) is 5.32 Å². The molecule has 1 aliphatic rings. The second-order valence-corrected chi connectivity index (χ2v) is 6.92. The standard InChI is InChI=1S/C20H27N5O3/c1-4-25(20-17(28)16(27)15(10-26)24-20)19-12(2)18(21-11-22-19)23-13(3)14-8-6-5-7-9-14/h4-9,11,13,15-17,20,24,26-28H,1,10H2,2-3H3,(H,21,22,23)/t13?,15-,16?,17?,20+/m1/s1. The van der Waals surface area contributed by atoms with Gasteiger partial charge >= 0.3 is 0 Å². The Hall–Kier alpha value is -2.52. The molecule has 5 N–H and O–H groups in total. The van der Waals surface area contributed by atoms with Crippen LogP contribution in [0.3, 0.4) is 0 Å². The van der Waals surface area contributed by atoms with E-state index in [1.54, 1.807) is 4.90 Å². The van der Waals surface area contributed by atoms with E-state index in [4.69, 9.17) is 0 Å². The fourth-order valence-electron chi connectivity index (χ4n) is 3.46. The average molecular weight is 385 g/mol. The molecular weight excluding hydrogens is 358 g/mol. The Kier molecular flexibility index (Phi) is 6.25. The first-order valence-electron chi connectivity index (χ1n) is 9.25. The van der Waals surface area contributed by atoms with Gasteiger partial charge in [-0.1, -0.05) is 36.9 Å². The first-order chi connectivity index (χ1) is 13.5. The van der Waals surface area contributed by atoms with Gasteiger partial charge in [-0.05, 0) is 19.4 Å². The number of aliphatic hydroxyl groups excluding tert-OH is 3. The number of hydrogen-bond acceptors (Lipinski definition) is 8. The molecule has 2 aromatic rings. The highest BCUT2D eigenvalue weighted by Crippen LogP contribution is 2.29. The highest BCUT2D eigenvalue weighted by Gasteiger charge is 2.43. The number of rotatable bonds is 7. The Morgan fingerprint density at radius 3 is 2.57 bits per heavy atom. The molecule has 2 heterocycles. The van der Waals surface area contributed by atoms with Gasteiger partial charge in [-0.2, -0.15) is 0 Å². The van der Waals surface area contributed by atoms with Crippen LogP contribution in [0.25, 0.3) is 0 Å². The molecule has 0 spiro atoms. The predicted octanol–water partition coefficient (Wildman–Crippen LogP) is 0.920. The summed E-state index contributed by atoms with van der Waals surface area (Å²) >= 11 is 0. The second-order valence-electron chi connectivity index (χ2n) is 6.92. The first-order valence-corrected chi connectivity index (χ1v) is 9.25. The molecule has 0 amide bonds. The molecular formula is C20H27N5O3. The molecule has 5 atom stereocenters. The molecule has 1 aliphatic heterocycles. The summed E-state index contributed by atoms with van der Waals surface area (Å²) in [5, 5.41) is 36.3. The lowest BCUT2D eigenvalue weighted by atomic mass is 10.1. The van der Waals surface area contributed by atoms with Crippen LogP contribution in [0.2, 0.25) is 0 Å². The normalized spacial score (nSPS) is 25.3. The summed E-state index contributed by atoms with van der Waals surface area (Å²) in [5.41, 5.74) is 1.91. The molecule has 1 aromatic heterocycles. The number of aromatic nitrogens is 2. The molecule has 1 fully saturated rings. The molecule has 28 heavy (non-hydrogen) atoms. The molecule has 0 bridgehead atoms. The van der Waals surface area contributed by atoms with E-state index in [9.17, 15) is 15.3 Å². The van der Waals surface area contributed by atoms with Crippen molar-refractivity contribution in [1.29, 1.82) is 0 Å².